The van der Waals surface area contributed by atoms with Gasteiger partial charge in [0.1, 0.15) is 11.5 Å². The smallest absolute Gasteiger partial charge is 0.234 e. The van der Waals surface area contributed by atoms with Crippen molar-refractivity contribution in [3.63, 3.8) is 0 Å². The van der Waals surface area contributed by atoms with Crippen molar-refractivity contribution >= 4 is 5.91 Å². The van der Waals surface area contributed by atoms with E-state index in [4.69, 9.17) is 18.9 Å². The highest BCUT2D eigenvalue weighted by Crippen LogP contribution is 2.34. The molecule has 2 rings (SSSR count). The van der Waals surface area contributed by atoms with Crippen molar-refractivity contribution < 1.29 is 23.7 Å². The summed E-state index contributed by atoms with van der Waals surface area (Å²) in [7, 11) is 8.33. The fraction of sp³-hybridized carbons (Fsp3) is 0.435. The van der Waals surface area contributed by atoms with E-state index < -0.39 is 0 Å². The first-order valence-corrected chi connectivity index (χ1v) is 9.71. The third-order valence-corrected chi connectivity index (χ3v) is 4.85. The van der Waals surface area contributed by atoms with Crippen LogP contribution in [0.4, 0.5) is 0 Å². The fourth-order valence-corrected chi connectivity index (χ4v) is 3.55. The summed E-state index contributed by atoms with van der Waals surface area (Å²) < 4.78 is 21.5. The van der Waals surface area contributed by atoms with Crippen LogP contribution < -0.4 is 24.3 Å². The summed E-state index contributed by atoms with van der Waals surface area (Å²) >= 11 is 0. The van der Waals surface area contributed by atoms with Crippen molar-refractivity contribution in [1.29, 1.82) is 0 Å². The van der Waals surface area contributed by atoms with Gasteiger partial charge in [0.05, 0.1) is 35.0 Å². The van der Waals surface area contributed by atoms with Crippen LogP contribution in [0.15, 0.2) is 24.3 Å². The maximum Gasteiger partial charge on any atom is 0.234 e. The lowest BCUT2D eigenvalue weighted by Crippen LogP contribution is -2.34. The number of nitrogens with one attached hydrogen (secondary N) is 1. The van der Waals surface area contributed by atoms with Gasteiger partial charge in [-0.15, -0.1) is 0 Å². The van der Waals surface area contributed by atoms with Crippen molar-refractivity contribution in [3.8, 4) is 23.0 Å². The molecule has 0 bridgehead atoms. The number of methoxy groups -OCH3 is 4. The molecule has 0 heterocycles. The van der Waals surface area contributed by atoms with Crippen LogP contribution in [0.25, 0.3) is 0 Å². The number of benzene rings is 2. The van der Waals surface area contributed by atoms with Gasteiger partial charge >= 0.3 is 0 Å². The summed E-state index contributed by atoms with van der Waals surface area (Å²) in [5, 5.41) is 2.94. The lowest BCUT2D eigenvalue weighted by molar-refractivity contribution is -0.122. The first-order valence-electron chi connectivity index (χ1n) is 9.71. The normalized spacial score (nSPS) is 10.7. The van der Waals surface area contributed by atoms with Crippen LogP contribution in [-0.4, -0.2) is 52.8 Å². The van der Waals surface area contributed by atoms with Gasteiger partial charge in [0.25, 0.3) is 0 Å². The molecular weight excluding hydrogens is 384 g/mol. The third kappa shape index (κ3) is 5.79. The average Bonchev–Trinajstić information content (AvgIpc) is 2.71. The van der Waals surface area contributed by atoms with Crippen molar-refractivity contribution in [3.05, 3.63) is 46.5 Å². The Bertz CT molecular complexity index is 859. The van der Waals surface area contributed by atoms with Crippen molar-refractivity contribution in [2.45, 2.75) is 26.9 Å². The molecule has 0 aromatic heterocycles. The predicted octanol–water partition coefficient (Wildman–Crippen LogP) is 3.09. The fourth-order valence-electron chi connectivity index (χ4n) is 3.55. The third-order valence-electron chi connectivity index (χ3n) is 4.85. The Balaban J connectivity index is 1.98. The number of carbonyl (C=O) groups excluding carboxylic acids is 1. The minimum absolute atomic E-state index is 0.0729. The van der Waals surface area contributed by atoms with E-state index in [1.165, 1.54) is 0 Å². The molecule has 0 spiro atoms. The zero-order chi connectivity index (χ0) is 22.3. The van der Waals surface area contributed by atoms with Crippen LogP contribution in [0.5, 0.6) is 23.0 Å². The van der Waals surface area contributed by atoms with Crippen LogP contribution in [0.1, 0.15) is 22.3 Å². The second-order valence-electron chi connectivity index (χ2n) is 7.23. The summed E-state index contributed by atoms with van der Waals surface area (Å²) in [6, 6.07) is 7.74. The van der Waals surface area contributed by atoms with Crippen LogP contribution in [0.3, 0.4) is 0 Å². The molecule has 1 N–H and O–H groups in total. The molecule has 0 aliphatic rings. The van der Waals surface area contributed by atoms with E-state index in [0.29, 0.717) is 30.3 Å². The number of hydrogen-bond acceptors (Lipinski definition) is 6. The molecule has 7 heteroatoms. The molecule has 164 valence electrons. The number of amides is 1. The van der Waals surface area contributed by atoms with Gasteiger partial charge in [-0.1, -0.05) is 12.1 Å². The minimum atomic E-state index is -0.0729. The molecule has 0 fully saturated rings. The Morgan fingerprint density at radius 2 is 1.43 bits per heavy atom. The molecule has 0 saturated carbocycles. The molecule has 2 aromatic carbocycles. The van der Waals surface area contributed by atoms with Gasteiger partial charge in [0, 0.05) is 24.7 Å². The van der Waals surface area contributed by atoms with Crippen molar-refractivity contribution in [2.75, 3.05) is 42.0 Å². The lowest BCUT2D eigenvalue weighted by Gasteiger charge is -2.19. The summed E-state index contributed by atoms with van der Waals surface area (Å²) in [6.07, 6.45) is 0. The Hall–Kier alpha value is -2.93. The second-order valence-corrected chi connectivity index (χ2v) is 7.23. The Labute approximate surface area is 178 Å². The number of ether oxygens (including phenoxy) is 4. The predicted molar refractivity (Wildman–Crippen MR) is 117 cm³/mol. The zero-order valence-corrected chi connectivity index (χ0v) is 18.9. The highest BCUT2D eigenvalue weighted by molar-refractivity contribution is 5.78. The Morgan fingerprint density at radius 3 is 1.97 bits per heavy atom. The topological polar surface area (TPSA) is 69.3 Å². The number of aryl methyl sites for hydroxylation is 2. The average molecular weight is 417 g/mol. The number of rotatable bonds is 10. The maximum absolute atomic E-state index is 12.5. The number of carbonyl (C=O) groups is 1. The molecule has 7 nitrogen and oxygen atoms in total. The summed E-state index contributed by atoms with van der Waals surface area (Å²) in [5.74, 6) is 2.63. The first kappa shape index (κ1) is 23.3. The van der Waals surface area contributed by atoms with Crippen molar-refractivity contribution in [2.24, 2.45) is 0 Å². The standard InChI is InChI=1S/C23H32N2O5/c1-15-8-17(9-16(2)23(15)30-7)13-25(3)14-22(26)24-12-18-10-20(28-5)21(29-6)11-19(18)27-4/h8-11H,12-14H2,1-7H3,(H,24,26). The van der Waals surface area contributed by atoms with Gasteiger partial charge < -0.3 is 24.3 Å². The van der Waals surface area contributed by atoms with Gasteiger partial charge in [0.15, 0.2) is 11.5 Å². The molecule has 0 aliphatic carbocycles. The summed E-state index contributed by atoms with van der Waals surface area (Å²) in [6.45, 7) is 5.33. The van der Waals surface area contributed by atoms with E-state index in [1.807, 2.05) is 31.9 Å². The molecule has 0 atom stereocenters. The molecule has 1 amide bonds. The molecule has 0 radical (unpaired) electrons. The monoisotopic (exact) mass is 416 g/mol. The van der Waals surface area contributed by atoms with Crippen LogP contribution >= 0.6 is 0 Å². The van der Waals surface area contributed by atoms with E-state index in [1.54, 1.807) is 34.5 Å². The Kier molecular flexibility index (Phi) is 8.35. The van der Waals surface area contributed by atoms with E-state index in [-0.39, 0.29) is 12.5 Å². The quantitative estimate of drug-likeness (QED) is 0.642. The molecule has 0 saturated heterocycles. The number of likely N-dealkylation sites (N-methyl/N-ethyl adjacent to an activating group) is 1. The number of nitrogens with zero attached hydrogens (tertiary/aromatic N) is 1. The van der Waals surface area contributed by atoms with E-state index in [0.717, 1.165) is 28.0 Å². The summed E-state index contributed by atoms with van der Waals surface area (Å²) in [5.41, 5.74) is 4.13. The molecule has 2 aromatic rings. The molecule has 30 heavy (non-hydrogen) atoms. The lowest BCUT2D eigenvalue weighted by atomic mass is 10.1. The SMILES string of the molecule is COc1cc(OC)c(OC)cc1CNC(=O)CN(C)Cc1cc(C)c(OC)c(C)c1. The highest BCUT2D eigenvalue weighted by Gasteiger charge is 2.14. The van der Waals surface area contributed by atoms with E-state index in [2.05, 4.69) is 17.4 Å². The van der Waals surface area contributed by atoms with Gasteiger partial charge in [-0.25, -0.2) is 0 Å². The molecular formula is C23H32N2O5. The minimum Gasteiger partial charge on any atom is -0.496 e. The van der Waals surface area contributed by atoms with E-state index in [9.17, 15) is 4.79 Å². The van der Waals surface area contributed by atoms with Crippen molar-refractivity contribution in [1.82, 2.24) is 10.2 Å². The van der Waals surface area contributed by atoms with Gasteiger partial charge in [0.2, 0.25) is 5.91 Å². The van der Waals surface area contributed by atoms with Gasteiger partial charge in [-0.2, -0.15) is 0 Å². The van der Waals surface area contributed by atoms with Crippen LogP contribution in [0, 0.1) is 13.8 Å². The Morgan fingerprint density at radius 1 is 0.867 bits per heavy atom. The van der Waals surface area contributed by atoms with Gasteiger partial charge in [-0.05, 0) is 43.7 Å². The van der Waals surface area contributed by atoms with Crippen LogP contribution in [0.2, 0.25) is 0 Å². The molecule has 0 unspecified atom stereocenters. The van der Waals surface area contributed by atoms with Crippen LogP contribution in [-0.2, 0) is 17.9 Å². The van der Waals surface area contributed by atoms with E-state index >= 15 is 0 Å². The van der Waals surface area contributed by atoms with Gasteiger partial charge in [-0.3, -0.25) is 9.69 Å². The molecule has 0 aliphatic heterocycles. The largest absolute Gasteiger partial charge is 0.496 e. The first-order chi connectivity index (χ1) is 14.3. The highest BCUT2D eigenvalue weighted by atomic mass is 16.5. The maximum atomic E-state index is 12.5. The zero-order valence-electron chi connectivity index (χ0n) is 18.9. The summed E-state index contributed by atoms with van der Waals surface area (Å²) in [4.78, 5) is 14.4. The second kappa shape index (κ2) is 10.7. The number of hydrogen-bond donors (Lipinski definition) is 1.